The molecule has 1 amide bonds. The maximum absolute atomic E-state index is 12.7. The smallest absolute Gasteiger partial charge is 0.241 e. The molecule has 0 saturated carbocycles. The molecule has 1 aliphatic carbocycles. The van der Waals surface area contributed by atoms with Gasteiger partial charge in [0, 0.05) is 20.1 Å². The van der Waals surface area contributed by atoms with Gasteiger partial charge in [-0.25, -0.2) is 13.1 Å². The topological polar surface area (TPSA) is 66.5 Å². The van der Waals surface area contributed by atoms with Gasteiger partial charge in [0.15, 0.2) is 5.25 Å². The van der Waals surface area contributed by atoms with E-state index in [2.05, 4.69) is 17.7 Å². The highest BCUT2D eigenvalue weighted by Crippen LogP contribution is 2.33. The summed E-state index contributed by atoms with van der Waals surface area (Å²) in [4.78, 5) is 13.3. The lowest BCUT2D eigenvalue weighted by molar-refractivity contribution is -0.127. The lowest BCUT2D eigenvalue weighted by Crippen LogP contribution is -2.45. The lowest BCUT2D eigenvalue weighted by atomic mass is 9.93. The summed E-state index contributed by atoms with van der Waals surface area (Å²) in [5.74, 6) is -0.220. The molecule has 0 radical (unpaired) electrons. The predicted octanol–water partition coefficient (Wildman–Crippen LogP) is 2.10. The second-order valence-electron chi connectivity index (χ2n) is 6.58. The number of carbonyl (C=O) groups excluding carboxylic acids is 1. The fraction of sp³-hybridized carbons (Fsp3) is 0.588. The number of nitrogens with zero attached hydrogens (tertiary/aromatic N) is 1. The Morgan fingerprint density at radius 3 is 2.61 bits per heavy atom. The monoisotopic (exact) mass is 338 g/mol. The number of fused-ring (bicyclic) bond motifs is 1. The first-order chi connectivity index (χ1) is 10.7. The van der Waals surface area contributed by atoms with Gasteiger partial charge in [-0.3, -0.25) is 4.79 Å². The molecule has 128 valence electrons. The average Bonchev–Trinajstić information content (AvgIpc) is 2.65. The molecule has 23 heavy (non-hydrogen) atoms. The quantitative estimate of drug-likeness (QED) is 0.855. The zero-order valence-corrected chi connectivity index (χ0v) is 15.1. The summed E-state index contributed by atoms with van der Waals surface area (Å²) in [5.41, 5.74) is 2.22. The van der Waals surface area contributed by atoms with Crippen LogP contribution in [0.2, 0.25) is 0 Å². The molecule has 6 heteroatoms. The molecule has 1 aromatic carbocycles. The molecule has 0 aliphatic heterocycles. The summed E-state index contributed by atoms with van der Waals surface area (Å²) >= 11 is 0. The van der Waals surface area contributed by atoms with Crippen molar-refractivity contribution in [2.45, 2.75) is 44.4 Å². The molecule has 0 aromatic heterocycles. The number of carbonyl (C=O) groups is 1. The van der Waals surface area contributed by atoms with Crippen LogP contribution in [0.4, 0.5) is 0 Å². The molecule has 2 rings (SSSR count). The highest BCUT2D eigenvalue weighted by molar-refractivity contribution is 7.90. The summed E-state index contributed by atoms with van der Waals surface area (Å²) in [7, 11) is -0.602. The van der Waals surface area contributed by atoms with Gasteiger partial charge in [-0.15, -0.1) is 0 Å². The Labute approximate surface area is 139 Å². The van der Waals surface area contributed by atoms with Crippen LogP contribution >= 0.6 is 0 Å². The first kappa shape index (κ1) is 17.9. The van der Waals surface area contributed by atoms with E-state index in [4.69, 9.17) is 0 Å². The molecule has 0 saturated heterocycles. The van der Waals surface area contributed by atoms with E-state index in [0.29, 0.717) is 0 Å². The van der Waals surface area contributed by atoms with E-state index in [1.165, 1.54) is 17.4 Å². The number of benzene rings is 1. The molecule has 3 atom stereocenters. The second-order valence-corrected chi connectivity index (χ2v) is 8.62. The largest absolute Gasteiger partial charge is 0.348 e. The van der Waals surface area contributed by atoms with Crippen molar-refractivity contribution in [1.82, 2.24) is 9.62 Å². The van der Waals surface area contributed by atoms with Gasteiger partial charge in [0.2, 0.25) is 15.9 Å². The maximum Gasteiger partial charge on any atom is 0.241 e. The minimum atomic E-state index is -3.74. The van der Waals surface area contributed by atoms with Crippen molar-refractivity contribution in [3.63, 3.8) is 0 Å². The normalized spacial score (nSPS) is 22.8. The zero-order chi connectivity index (χ0) is 17.2. The molecule has 0 unspecified atom stereocenters. The molecular formula is C17H26N2O3S. The average molecular weight is 338 g/mol. The lowest BCUT2D eigenvalue weighted by Gasteiger charge is -2.27. The SMILES string of the molecule is C[C@@H]1CCCc2ccccc2[C@H]1NS(=O)(=O)[C@H](C)C(=O)N(C)C. The third-order valence-electron chi connectivity index (χ3n) is 4.61. The minimum Gasteiger partial charge on any atom is -0.348 e. The van der Waals surface area contributed by atoms with Crippen molar-refractivity contribution in [2.75, 3.05) is 14.1 Å². The predicted molar refractivity (Wildman–Crippen MR) is 91.5 cm³/mol. The molecule has 0 bridgehead atoms. The van der Waals surface area contributed by atoms with Crippen LogP contribution in [0.5, 0.6) is 0 Å². The third-order valence-corrected chi connectivity index (χ3v) is 6.33. The maximum atomic E-state index is 12.7. The first-order valence-corrected chi connectivity index (χ1v) is 9.58. The van der Waals surface area contributed by atoms with Crippen molar-refractivity contribution in [3.8, 4) is 0 Å². The Kier molecular flexibility index (Phi) is 5.47. The zero-order valence-electron chi connectivity index (χ0n) is 14.2. The van der Waals surface area contributed by atoms with Crippen LogP contribution in [-0.2, 0) is 21.2 Å². The summed E-state index contributed by atoms with van der Waals surface area (Å²) in [6.07, 6.45) is 2.96. The highest BCUT2D eigenvalue weighted by atomic mass is 32.2. The fourth-order valence-corrected chi connectivity index (χ4v) is 4.50. The molecule has 1 N–H and O–H groups in total. The van der Waals surface area contributed by atoms with Crippen LogP contribution < -0.4 is 4.72 Å². The number of hydrogen-bond acceptors (Lipinski definition) is 3. The Balaban J connectivity index is 2.32. The Morgan fingerprint density at radius 1 is 1.30 bits per heavy atom. The Hall–Kier alpha value is -1.40. The number of nitrogens with one attached hydrogen (secondary N) is 1. The van der Waals surface area contributed by atoms with Crippen molar-refractivity contribution in [2.24, 2.45) is 5.92 Å². The molecule has 5 nitrogen and oxygen atoms in total. The summed E-state index contributed by atoms with van der Waals surface area (Å²) in [6, 6.07) is 7.69. The summed E-state index contributed by atoms with van der Waals surface area (Å²) in [6.45, 7) is 3.51. The minimum absolute atomic E-state index is 0.190. The highest BCUT2D eigenvalue weighted by Gasteiger charge is 2.34. The molecule has 0 fully saturated rings. The Morgan fingerprint density at radius 2 is 1.96 bits per heavy atom. The number of hydrogen-bond donors (Lipinski definition) is 1. The summed E-state index contributed by atoms with van der Waals surface area (Å²) < 4.78 is 28.1. The van der Waals surface area contributed by atoms with Crippen LogP contribution in [0, 0.1) is 5.92 Å². The standard InChI is InChI=1S/C17H26N2O3S/c1-12-8-7-10-14-9-5-6-11-15(14)16(12)18-23(21,22)13(2)17(20)19(3)4/h5-6,9,11-13,16,18H,7-8,10H2,1-4H3/t12-,13-,16+/m1/s1. The van der Waals surface area contributed by atoms with E-state index in [-0.39, 0.29) is 12.0 Å². The van der Waals surface area contributed by atoms with Crippen molar-refractivity contribution >= 4 is 15.9 Å². The van der Waals surface area contributed by atoms with Crippen molar-refractivity contribution in [3.05, 3.63) is 35.4 Å². The molecule has 1 aliphatic rings. The van der Waals surface area contributed by atoms with Gasteiger partial charge in [-0.05, 0) is 43.2 Å². The van der Waals surface area contributed by atoms with Crippen molar-refractivity contribution in [1.29, 1.82) is 0 Å². The van der Waals surface area contributed by atoms with Crippen LogP contribution in [0.3, 0.4) is 0 Å². The van der Waals surface area contributed by atoms with Gasteiger partial charge in [-0.1, -0.05) is 31.2 Å². The van der Waals surface area contributed by atoms with Crippen LogP contribution in [0.15, 0.2) is 24.3 Å². The van der Waals surface area contributed by atoms with E-state index >= 15 is 0 Å². The van der Waals surface area contributed by atoms with E-state index in [1.54, 1.807) is 14.1 Å². The van der Waals surface area contributed by atoms with E-state index in [1.807, 2.05) is 18.2 Å². The van der Waals surface area contributed by atoms with Gasteiger partial charge in [0.1, 0.15) is 0 Å². The van der Waals surface area contributed by atoms with Crippen molar-refractivity contribution < 1.29 is 13.2 Å². The van der Waals surface area contributed by atoms with E-state index in [9.17, 15) is 13.2 Å². The first-order valence-electron chi connectivity index (χ1n) is 8.04. The fourth-order valence-electron chi connectivity index (χ4n) is 3.11. The van der Waals surface area contributed by atoms with Crippen LogP contribution in [-0.4, -0.2) is 38.6 Å². The second kappa shape index (κ2) is 7.01. The van der Waals surface area contributed by atoms with Gasteiger partial charge in [0.05, 0.1) is 0 Å². The number of rotatable bonds is 4. The summed E-state index contributed by atoms with van der Waals surface area (Å²) in [5, 5.41) is -1.10. The van der Waals surface area contributed by atoms with E-state index < -0.39 is 21.2 Å². The van der Waals surface area contributed by atoms with Gasteiger partial charge in [-0.2, -0.15) is 0 Å². The Bertz CT molecular complexity index is 670. The molecule has 1 aromatic rings. The number of aryl methyl sites for hydroxylation is 1. The van der Waals surface area contributed by atoms with Gasteiger partial charge >= 0.3 is 0 Å². The van der Waals surface area contributed by atoms with Crippen LogP contribution in [0.1, 0.15) is 43.9 Å². The molecule has 0 heterocycles. The number of amides is 1. The number of sulfonamides is 1. The van der Waals surface area contributed by atoms with Gasteiger partial charge in [0.25, 0.3) is 0 Å². The molecular weight excluding hydrogens is 312 g/mol. The van der Waals surface area contributed by atoms with Gasteiger partial charge < -0.3 is 4.90 Å². The third kappa shape index (κ3) is 3.93. The van der Waals surface area contributed by atoms with Crippen LogP contribution in [0.25, 0.3) is 0 Å². The molecule has 0 spiro atoms. The van der Waals surface area contributed by atoms with E-state index in [0.717, 1.165) is 24.8 Å².